The first-order valence-electron chi connectivity index (χ1n) is 8.82. The van der Waals surface area contributed by atoms with Crippen molar-refractivity contribution in [2.24, 2.45) is 10.2 Å². The molecule has 0 bridgehead atoms. The van der Waals surface area contributed by atoms with Gasteiger partial charge >= 0.3 is 0 Å². The van der Waals surface area contributed by atoms with Crippen LogP contribution in [-0.2, 0) is 0 Å². The second-order valence-corrected chi connectivity index (χ2v) is 7.43. The molecule has 0 aliphatic rings. The van der Waals surface area contributed by atoms with Crippen molar-refractivity contribution in [1.29, 1.82) is 0 Å². The number of aromatic nitrogens is 1. The van der Waals surface area contributed by atoms with E-state index in [4.69, 9.17) is 5.73 Å². The van der Waals surface area contributed by atoms with Crippen molar-refractivity contribution in [3.8, 4) is 0 Å². The Morgan fingerprint density at radius 3 is 2.29 bits per heavy atom. The van der Waals surface area contributed by atoms with Crippen LogP contribution in [0.3, 0.4) is 0 Å². The summed E-state index contributed by atoms with van der Waals surface area (Å²) in [6.45, 7) is 3.83. The Hall–Kier alpha value is -3.38. The van der Waals surface area contributed by atoms with Crippen LogP contribution < -0.4 is 5.73 Å². The van der Waals surface area contributed by atoms with Gasteiger partial charge in [0.1, 0.15) is 15.4 Å². The quantitative estimate of drug-likeness (QED) is 0.338. The van der Waals surface area contributed by atoms with E-state index in [1.807, 2.05) is 62.4 Å². The first kappa shape index (κ1) is 18.0. The Kier molecular flexibility index (Phi) is 4.71. The lowest BCUT2D eigenvalue weighted by Gasteiger charge is -2.05. The van der Waals surface area contributed by atoms with Gasteiger partial charge in [-0.15, -0.1) is 16.5 Å². The maximum atomic E-state index is 12.9. The normalized spacial score (nSPS) is 11.4. The van der Waals surface area contributed by atoms with E-state index in [1.54, 1.807) is 12.1 Å². The number of azo groups is 1. The van der Waals surface area contributed by atoms with E-state index in [2.05, 4.69) is 15.2 Å². The van der Waals surface area contributed by atoms with Crippen LogP contribution in [0.4, 0.5) is 17.1 Å². The zero-order valence-electron chi connectivity index (χ0n) is 15.5. The lowest BCUT2D eigenvalue weighted by Crippen LogP contribution is -2.01. The highest BCUT2D eigenvalue weighted by atomic mass is 32.1. The summed E-state index contributed by atoms with van der Waals surface area (Å²) in [5.41, 5.74) is 10.5. The van der Waals surface area contributed by atoms with Gasteiger partial charge in [0.25, 0.3) is 0 Å². The van der Waals surface area contributed by atoms with Crippen LogP contribution >= 0.6 is 11.3 Å². The molecule has 0 unspecified atom stereocenters. The Morgan fingerprint density at radius 2 is 1.61 bits per heavy atom. The number of anilines is 1. The van der Waals surface area contributed by atoms with E-state index in [-0.39, 0.29) is 5.78 Å². The van der Waals surface area contributed by atoms with Crippen molar-refractivity contribution in [3.05, 3.63) is 82.4 Å². The monoisotopic (exact) mass is 386 g/mol. The molecule has 5 nitrogen and oxygen atoms in total. The van der Waals surface area contributed by atoms with Crippen molar-refractivity contribution in [1.82, 2.24) is 4.98 Å². The van der Waals surface area contributed by atoms with Gasteiger partial charge in [-0.2, -0.15) is 5.11 Å². The Labute approximate surface area is 166 Å². The first-order valence-corrected chi connectivity index (χ1v) is 9.63. The highest BCUT2D eigenvalue weighted by Crippen LogP contribution is 2.40. The number of rotatable bonds is 4. The smallest absolute Gasteiger partial charge is 0.205 e. The SMILES string of the molecule is Cc1nc2sc(C(=O)c3ccccc3)c(N)c2c(C)c1N=Nc1ccccc1. The zero-order valence-corrected chi connectivity index (χ0v) is 16.3. The van der Waals surface area contributed by atoms with Crippen LogP contribution in [0.15, 0.2) is 70.9 Å². The fourth-order valence-corrected chi connectivity index (χ4v) is 4.27. The molecule has 0 radical (unpaired) electrons. The molecule has 2 heterocycles. The predicted octanol–water partition coefficient (Wildman–Crippen LogP) is 6.14. The second-order valence-electron chi connectivity index (χ2n) is 6.43. The van der Waals surface area contributed by atoms with Crippen LogP contribution in [0.25, 0.3) is 10.2 Å². The molecular formula is C22H18N4OS. The second kappa shape index (κ2) is 7.32. The fourth-order valence-electron chi connectivity index (χ4n) is 3.11. The highest BCUT2D eigenvalue weighted by Gasteiger charge is 2.22. The molecule has 0 amide bonds. The van der Waals surface area contributed by atoms with Crippen molar-refractivity contribution >= 4 is 44.4 Å². The van der Waals surface area contributed by atoms with Gasteiger partial charge in [-0.25, -0.2) is 4.98 Å². The predicted molar refractivity (Wildman–Crippen MR) is 114 cm³/mol. The van der Waals surface area contributed by atoms with Crippen LogP contribution in [0.2, 0.25) is 0 Å². The minimum absolute atomic E-state index is 0.0920. The van der Waals surface area contributed by atoms with Gasteiger partial charge < -0.3 is 5.73 Å². The van der Waals surface area contributed by atoms with Gasteiger partial charge in [-0.1, -0.05) is 48.5 Å². The molecule has 2 aromatic carbocycles. The summed E-state index contributed by atoms with van der Waals surface area (Å²) in [6.07, 6.45) is 0. The van der Waals surface area contributed by atoms with E-state index in [0.717, 1.165) is 27.2 Å². The molecule has 2 aromatic heterocycles. The third-order valence-corrected chi connectivity index (χ3v) is 5.63. The van der Waals surface area contributed by atoms with Gasteiger partial charge in [0, 0.05) is 10.9 Å². The summed E-state index contributed by atoms with van der Waals surface area (Å²) < 4.78 is 0. The molecule has 0 atom stereocenters. The summed E-state index contributed by atoms with van der Waals surface area (Å²) in [5.74, 6) is -0.0920. The molecule has 0 aliphatic carbocycles. The molecule has 138 valence electrons. The summed E-state index contributed by atoms with van der Waals surface area (Å²) in [5, 5.41) is 9.49. The topological polar surface area (TPSA) is 80.7 Å². The van der Waals surface area contributed by atoms with Crippen molar-refractivity contribution < 1.29 is 4.79 Å². The van der Waals surface area contributed by atoms with Gasteiger partial charge in [0.2, 0.25) is 5.78 Å². The minimum Gasteiger partial charge on any atom is -0.397 e. The van der Waals surface area contributed by atoms with Gasteiger partial charge in [0.05, 0.1) is 17.1 Å². The molecule has 0 saturated heterocycles. The summed E-state index contributed by atoms with van der Waals surface area (Å²) >= 11 is 1.32. The summed E-state index contributed by atoms with van der Waals surface area (Å²) in [6, 6.07) is 18.7. The van der Waals surface area contributed by atoms with Crippen molar-refractivity contribution in [3.63, 3.8) is 0 Å². The summed E-state index contributed by atoms with van der Waals surface area (Å²) in [4.78, 5) is 18.8. The average molecular weight is 386 g/mol. The molecule has 0 aliphatic heterocycles. The number of ketones is 1. The number of thiophene rings is 1. The summed E-state index contributed by atoms with van der Waals surface area (Å²) in [7, 11) is 0. The molecule has 0 saturated carbocycles. The number of nitrogens with zero attached hydrogens (tertiary/aromatic N) is 3. The Balaban J connectivity index is 1.82. The highest BCUT2D eigenvalue weighted by molar-refractivity contribution is 7.21. The van der Waals surface area contributed by atoms with E-state index in [0.29, 0.717) is 21.8 Å². The number of carbonyl (C=O) groups is 1. The molecule has 6 heteroatoms. The maximum absolute atomic E-state index is 12.9. The van der Waals surface area contributed by atoms with Gasteiger partial charge in [0.15, 0.2) is 0 Å². The molecule has 2 N–H and O–H groups in total. The van der Waals surface area contributed by atoms with E-state index < -0.39 is 0 Å². The lowest BCUT2D eigenvalue weighted by atomic mass is 10.1. The largest absolute Gasteiger partial charge is 0.397 e. The number of nitrogens with two attached hydrogens (primary N) is 1. The molecular weight excluding hydrogens is 368 g/mol. The molecule has 4 aromatic rings. The number of benzene rings is 2. The van der Waals surface area contributed by atoms with Gasteiger partial charge in [-0.3, -0.25) is 4.79 Å². The molecule has 0 fully saturated rings. The van der Waals surface area contributed by atoms with E-state index >= 15 is 0 Å². The third-order valence-electron chi connectivity index (χ3n) is 4.53. The van der Waals surface area contributed by atoms with Gasteiger partial charge in [-0.05, 0) is 31.5 Å². The number of pyridine rings is 1. The fraction of sp³-hybridized carbons (Fsp3) is 0.0909. The minimum atomic E-state index is -0.0920. The van der Waals surface area contributed by atoms with Crippen LogP contribution in [0.1, 0.15) is 26.5 Å². The average Bonchev–Trinajstić information content (AvgIpc) is 3.05. The Bertz CT molecular complexity index is 1200. The number of aryl methyl sites for hydroxylation is 2. The van der Waals surface area contributed by atoms with Crippen molar-refractivity contribution in [2.45, 2.75) is 13.8 Å². The molecule has 28 heavy (non-hydrogen) atoms. The van der Waals surface area contributed by atoms with Crippen LogP contribution in [-0.4, -0.2) is 10.8 Å². The zero-order chi connectivity index (χ0) is 19.7. The Morgan fingerprint density at radius 1 is 0.964 bits per heavy atom. The van der Waals surface area contributed by atoms with E-state index in [9.17, 15) is 4.79 Å². The first-order chi connectivity index (χ1) is 13.6. The maximum Gasteiger partial charge on any atom is 0.205 e. The van der Waals surface area contributed by atoms with Crippen LogP contribution in [0.5, 0.6) is 0 Å². The molecule has 0 spiro atoms. The van der Waals surface area contributed by atoms with Crippen LogP contribution in [0, 0.1) is 13.8 Å². The number of hydrogen-bond donors (Lipinski definition) is 1. The van der Waals surface area contributed by atoms with Crippen molar-refractivity contribution in [2.75, 3.05) is 5.73 Å². The third kappa shape index (κ3) is 3.18. The van der Waals surface area contributed by atoms with E-state index in [1.165, 1.54) is 11.3 Å². The number of fused-ring (bicyclic) bond motifs is 1. The molecule has 4 rings (SSSR count). The number of carbonyl (C=O) groups excluding carboxylic acids is 1. The number of hydrogen-bond acceptors (Lipinski definition) is 6. The number of nitrogen functional groups attached to an aromatic ring is 1. The lowest BCUT2D eigenvalue weighted by molar-refractivity contribution is 0.104. The standard InChI is InChI=1S/C22H18N4OS/c1-13-17-18(23)21(20(27)15-9-5-3-6-10-15)28-22(17)24-14(2)19(13)26-25-16-11-7-4-8-12-16/h3-12H,23H2,1-2H3.